The van der Waals surface area contributed by atoms with Crippen LogP contribution in [0.5, 0.6) is 0 Å². The summed E-state index contributed by atoms with van der Waals surface area (Å²) in [5.74, 6) is -0.878. The topological polar surface area (TPSA) is 54.4 Å². The van der Waals surface area contributed by atoms with E-state index in [4.69, 9.17) is 16.7 Å². The number of hydrogen-bond acceptors (Lipinski definition) is 2. The minimum Gasteiger partial charge on any atom is -0.478 e. The quantitative estimate of drug-likeness (QED) is 0.469. The van der Waals surface area contributed by atoms with E-state index in [0.717, 1.165) is 7.14 Å². The molecule has 0 aromatic heterocycles. The SMILES string of the molecule is O=C(Cl)c1ccc(I)cc1.O=C(O)c1ccc(I)cc1. The highest BCUT2D eigenvalue weighted by Gasteiger charge is 1.99. The van der Waals surface area contributed by atoms with E-state index in [2.05, 4.69) is 45.2 Å². The second-order valence-corrected chi connectivity index (χ2v) is 6.43. The van der Waals surface area contributed by atoms with Gasteiger partial charge in [0.15, 0.2) is 0 Å². The molecule has 0 saturated heterocycles. The molecule has 2 aromatic carbocycles. The largest absolute Gasteiger partial charge is 0.478 e. The molecule has 0 fully saturated rings. The molecule has 0 atom stereocenters. The Labute approximate surface area is 148 Å². The fraction of sp³-hybridized carbons (Fsp3) is 0. The van der Waals surface area contributed by atoms with Crippen LogP contribution in [0.4, 0.5) is 0 Å². The third-order valence-electron chi connectivity index (χ3n) is 2.16. The summed E-state index contributed by atoms with van der Waals surface area (Å²) >= 11 is 9.51. The molecule has 0 amide bonds. The maximum atomic E-state index is 10.5. The molecule has 6 heteroatoms. The number of benzene rings is 2. The number of rotatable bonds is 2. The van der Waals surface area contributed by atoms with E-state index >= 15 is 0 Å². The van der Waals surface area contributed by atoms with Crippen LogP contribution in [0, 0.1) is 7.14 Å². The molecule has 0 bridgehead atoms. The Morgan fingerprint density at radius 1 is 0.800 bits per heavy atom. The number of carbonyl (C=O) groups is 2. The zero-order valence-electron chi connectivity index (χ0n) is 10.0. The van der Waals surface area contributed by atoms with Crippen LogP contribution >= 0.6 is 56.8 Å². The van der Waals surface area contributed by atoms with Gasteiger partial charge in [0.1, 0.15) is 0 Å². The van der Waals surface area contributed by atoms with Gasteiger partial charge in [0.2, 0.25) is 0 Å². The van der Waals surface area contributed by atoms with Gasteiger partial charge in [-0.3, -0.25) is 4.79 Å². The molecule has 0 spiro atoms. The molecule has 0 radical (unpaired) electrons. The average molecular weight is 514 g/mol. The minimum atomic E-state index is -0.878. The second kappa shape index (κ2) is 8.58. The van der Waals surface area contributed by atoms with Gasteiger partial charge in [-0.15, -0.1) is 0 Å². The third kappa shape index (κ3) is 6.19. The molecule has 2 aromatic rings. The zero-order chi connectivity index (χ0) is 15.1. The molecule has 2 rings (SSSR count). The number of halogens is 3. The van der Waals surface area contributed by atoms with Gasteiger partial charge in [0.25, 0.3) is 5.24 Å². The first-order valence-electron chi connectivity index (χ1n) is 5.34. The van der Waals surface area contributed by atoms with E-state index in [0.29, 0.717) is 11.1 Å². The number of hydrogen-bond donors (Lipinski definition) is 1. The van der Waals surface area contributed by atoms with Crippen molar-refractivity contribution >= 4 is 68.0 Å². The fourth-order valence-electron chi connectivity index (χ4n) is 1.17. The lowest BCUT2D eigenvalue weighted by molar-refractivity contribution is 0.0696. The van der Waals surface area contributed by atoms with Gasteiger partial charge in [-0.1, -0.05) is 0 Å². The van der Waals surface area contributed by atoms with Crippen LogP contribution in [0.2, 0.25) is 0 Å². The summed E-state index contributed by atoms with van der Waals surface area (Å²) in [7, 11) is 0. The minimum absolute atomic E-state index is 0.334. The van der Waals surface area contributed by atoms with E-state index in [1.807, 2.05) is 12.1 Å². The van der Waals surface area contributed by atoms with E-state index < -0.39 is 11.2 Å². The molecule has 1 N–H and O–H groups in total. The van der Waals surface area contributed by atoms with Gasteiger partial charge in [0.05, 0.1) is 5.56 Å². The molecule has 0 aliphatic rings. The van der Waals surface area contributed by atoms with E-state index in [-0.39, 0.29) is 0 Å². The first-order valence-corrected chi connectivity index (χ1v) is 7.88. The monoisotopic (exact) mass is 514 g/mol. The molecular formula is C14H9ClI2O3. The smallest absolute Gasteiger partial charge is 0.335 e. The van der Waals surface area contributed by atoms with Gasteiger partial charge >= 0.3 is 5.97 Å². The van der Waals surface area contributed by atoms with Crippen molar-refractivity contribution in [3.63, 3.8) is 0 Å². The average Bonchev–Trinajstić information content (AvgIpc) is 2.40. The Balaban J connectivity index is 0.000000200. The summed E-state index contributed by atoms with van der Waals surface area (Å²) in [5, 5.41) is 8.07. The molecule has 0 aliphatic heterocycles. The Kier molecular flexibility index (Phi) is 7.46. The van der Waals surface area contributed by atoms with Crippen molar-refractivity contribution in [2.24, 2.45) is 0 Å². The summed E-state index contributed by atoms with van der Waals surface area (Å²) in [5.41, 5.74) is 0.877. The van der Waals surface area contributed by atoms with Crippen molar-refractivity contribution in [3.8, 4) is 0 Å². The molecule has 0 saturated carbocycles. The standard InChI is InChI=1S/C7H4ClIO.C7H5IO2/c8-7(10)5-1-3-6(9)4-2-5;8-6-3-1-5(2-4-6)7(9)10/h1-4H;1-4H,(H,9,10). The Hall–Kier alpha value is -0.670. The highest BCUT2D eigenvalue weighted by Crippen LogP contribution is 2.08. The molecule has 0 heterocycles. The summed E-state index contributed by atoms with van der Waals surface area (Å²) in [6.45, 7) is 0. The van der Waals surface area contributed by atoms with E-state index in [9.17, 15) is 9.59 Å². The lowest BCUT2D eigenvalue weighted by Crippen LogP contribution is -1.94. The van der Waals surface area contributed by atoms with Crippen molar-refractivity contribution in [1.29, 1.82) is 0 Å². The summed E-state index contributed by atoms with van der Waals surface area (Å²) < 4.78 is 2.14. The molecule has 0 unspecified atom stereocenters. The highest BCUT2D eigenvalue weighted by atomic mass is 127. The number of carboxylic acid groups (broad SMARTS) is 1. The van der Waals surface area contributed by atoms with E-state index in [1.54, 1.807) is 36.4 Å². The van der Waals surface area contributed by atoms with Gasteiger partial charge in [-0.2, -0.15) is 0 Å². The van der Waals surface area contributed by atoms with Crippen molar-refractivity contribution in [1.82, 2.24) is 0 Å². The van der Waals surface area contributed by atoms with Crippen LogP contribution in [0.1, 0.15) is 20.7 Å². The first kappa shape index (κ1) is 17.4. The summed E-state index contributed by atoms with van der Waals surface area (Å²) in [4.78, 5) is 20.8. The number of aromatic carboxylic acids is 1. The molecule has 104 valence electrons. The summed E-state index contributed by atoms with van der Waals surface area (Å²) in [6.07, 6.45) is 0. The first-order chi connectivity index (χ1) is 9.40. The number of carbonyl (C=O) groups excluding carboxylic acids is 1. The Bertz CT molecular complexity index is 539. The fourth-order valence-corrected chi connectivity index (χ4v) is 2.02. The lowest BCUT2D eigenvalue weighted by Gasteiger charge is -1.91. The van der Waals surface area contributed by atoms with Crippen LogP contribution in [0.25, 0.3) is 0 Å². The lowest BCUT2D eigenvalue weighted by atomic mass is 10.2. The third-order valence-corrected chi connectivity index (χ3v) is 3.82. The van der Waals surface area contributed by atoms with Crippen molar-refractivity contribution in [2.75, 3.05) is 0 Å². The Morgan fingerprint density at radius 3 is 1.45 bits per heavy atom. The predicted octanol–water partition coefficient (Wildman–Crippen LogP) is 4.66. The number of carboxylic acids is 1. The Morgan fingerprint density at radius 2 is 1.15 bits per heavy atom. The van der Waals surface area contributed by atoms with E-state index in [1.165, 1.54) is 0 Å². The molecule has 3 nitrogen and oxygen atoms in total. The molecular weight excluding hydrogens is 505 g/mol. The van der Waals surface area contributed by atoms with Crippen LogP contribution in [0.3, 0.4) is 0 Å². The predicted molar refractivity (Wildman–Crippen MR) is 95.5 cm³/mol. The van der Waals surface area contributed by atoms with Crippen LogP contribution in [-0.2, 0) is 0 Å². The van der Waals surface area contributed by atoms with Gasteiger partial charge in [-0.05, 0) is 105 Å². The van der Waals surface area contributed by atoms with Crippen LogP contribution in [-0.4, -0.2) is 16.3 Å². The van der Waals surface area contributed by atoms with Gasteiger partial charge in [-0.25, -0.2) is 4.79 Å². The van der Waals surface area contributed by atoms with Crippen molar-refractivity contribution < 1.29 is 14.7 Å². The maximum absolute atomic E-state index is 10.5. The van der Waals surface area contributed by atoms with Crippen LogP contribution in [0.15, 0.2) is 48.5 Å². The maximum Gasteiger partial charge on any atom is 0.335 e. The molecule has 0 aliphatic carbocycles. The summed E-state index contributed by atoms with van der Waals surface area (Å²) in [6, 6.07) is 13.8. The van der Waals surface area contributed by atoms with Crippen LogP contribution < -0.4 is 0 Å². The van der Waals surface area contributed by atoms with Gasteiger partial charge in [0, 0.05) is 12.7 Å². The van der Waals surface area contributed by atoms with Gasteiger partial charge < -0.3 is 5.11 Å². The molecule has 20 heavy (non-hydrogen) atoms. The van der Waals surface area contributed by atoms with Crippen molar-refractivity contribution in [2.45, 2.75) is 0 Å². The normalized spacial score (nSPS) is 9.35. The highest BCUT2D eigenvalue weighted by molar-refractivity contribution is 14.1. The zero-order valence-corrected chi connectivity index (χ0v) is 15.1. The van der Waals surface area contributed by atoms with Crippen molar-refractivity contribution in [3.05, 3.63) is 66.8 Å². The second-order valence-electron chi connectivity index (χ2n) is 3.59.